The van der Waals surface area contributed by atoms with Crippen LogP contribution in [0.15, 0.2) is 22.7 Å². The summed E-state index contributed by atoms with van der Waals surface area (Å²) < 4.78 is 0.439. The smallest absolute Gasteiger partial charge is 0.283 e. The molecule has 0 aliphatic heterocycles. The molecule has 1 aromatic rings. The van der Waals surface area contributed by atoms with Gasteiger partial charge in [0, 0.05) is 19.7 Å². The van der Waals surface area contributed by atoms with E-state index in [1.807, 2.05) is 0 Å². The number of benzene rings is 1. The van der Waals surface area contributed by atoms with E-state index in [9.17, 15) is 14.9 Å². The molecule has 0 radical (unpaired) electrons. The molecule has 6 nitrogen and oxygen atoms in total. The maximum atomic E-state index is 11.0. The second-order valence-electron chi connectivity index (χ2n) is 3.28. The number of hydrogen-bond acceptors (Lipinski definition) is 4. The van der Waals surface area contributed by atoms with Crippen LogP contribution in [0.5, 0.6) is 0 Å². The largest absolute Gasteiger partial charge is 0.358 e. The van der Waals surface area contributed by atoms with Crippen LogP contribution < -0.4 is 10.6 Å². The lowest BCUT2D eigenvalue weighted by Crippen LogP contribution is -2.31. The number of likely N-dealkylation sites (N-methyl/N-ethyl adjacent to an activating group) is 1. The minimum Gasteiger partial charge on any atom is -0.358 e. The second-order valence-corrected chi connectivity index (χ2v) is 4.08. The van der Waals surface area contributed by atoms with E-state index in [1.165, 1.54) is 6.07 Å². The van der Waals surface area contributed by atoms with Crippen LogP contribution in [0, 0.1) is 10.1 Å². The van der Waals surface area contributed by atoms with Gasteiger partial charge in [0.15, 0.2) is 0 Å². The quantitative estimate of drug-likeness (QED) is 0.632. The van der Waals surface area contributed by atoms with Crippen molar-refractivity contribution in [1.82, 2.24) is 10.6 Å². The van der Waals surface area contributed by atoms with Gasteiger partial charge in [0.25, 0.3) is 5.69 Å². The van der Waals surface area contributed by atoms with Crippen molar-refractivity contribution < 1.29 is 9.72 Å². The SMILES string of the molecule is CNC(=O)CNCc1cccc([N+](=O)[O-])c1Br. The Kier molecular flexibility index (Phi) is 5.05. The van der Waals surface area contributed by atoms with Crippen LogP contribution in [0.2, 0.25) is 0 Å². The number of amides is 1. The zero-order valence-electron chi connectivity index (χ0n) is 9.20. The summed E-state index contributed by atoms with van der Waals surface area (Å²) in [4.78, 5) is 21.2. The van der Waals surface area contributed by atoms with Gasteiger partial charge in [0.1, 0.15) is 0 Å². The lowest BCUT2D eigenvalue weighted by atomic mass is 10.2. The standard InChI is InChI=1S/C10H12BrN3O3/c1-12-9(15)6-13-5-7-3-2-4-8(10(7)11)14(16)17/h2-4,13H,5-6H2,1H3,(H,12,15). The lowest BCUT2D eigenvalue weighted by Gasteiger charge is -2.06. The number of carbonyl (C=O) groups excluding carboxylic acids is 1. The van der Waals surface area contributed by atoms with Crippen molar-refractivity contribution in [3.05, 3.63) is 38.3 Å². The minimum absolute atomic E-state index is 0.0178. The maximum absolute atomic E-state index is 11.0. The molecule has 0 spiro atoms. The van der Waals surface area contributed by atoms with Crippen molar-refractivity contribution in [2.75, 3.05) is 13.6 Å². The molecule has 2 N–H and O–H groups in total. The van der Waals surface area contributed by atoms with Crippen LogP contribution in [-0.2, 0) is 11.3 Å². The summed E-state index contributed by atoms with van der Waals surface area (Å²) >= 11 is 3.18. The van der Waals surface area contributed by atoms with Crippen molar-refractivity contribution in [3.63, 3.8) is 0 Å². The third kappa shape index (κ3) is 3.79. The first-order valence-electron chi connectivity index (χ1n) is 4.89. The molecular formula is C10H12BrN3O3. The van der Waals surface area contributed by atoms with Crippen molar-refractivity contribution in [2.24, 2.45) is 0 Å². The van der Waals surface area contributed by atoms with Crippen LogP contribution in [-0.4, -0.2) is 24.4 Å². The molecule has 0 unspecified atom stereocenters. The molecule has 0 bridgehead atoms. The molecule has 0 saturated heterocycles. The van der Waals surface area contributed by atoms with Gasteiger partial charge in [0.05, 0.1) is 15.9 Å². The first-order chi connectivity index (χ1) is 8.06. The lowest BCUT2D eigenvalue weighted by molar-refractivity contribution is -0.385. The zero-order valence-corrected chi connectivity index (χ0v) is 10.8. The van der Waals surface area contributed by atoms with Gasteiger partial charge >= 0.3 is 0 Å². The third-order valence-corrected chi connectivity index (χ3v) is 3.05. The van der Waals surface area contributed by atoms with Crippen LogP contribution in [0.25, 0.3) is 0 Å². The number of nitrogens with zero attached hydrogens (tertiary/aromatic N) is 1. The monoisotopic (exact) mass is 301 g/mol. The van der Waals surface area contributed by atoms with Crippen molar-refractivity contribution in [2.45, 2.75) is 6.54 Å². The number of rotatable bonds is 5. The molecule has 1 amide bonds. The molecule has 7 heteroatoms. The molecule has 1 aromatic carbocycles. The predicted octanol–water partition coefficient (Wildman–Crippen LogP) is 1.19. The fourth-order valence-electron chi connectivity index (χ4n) is 1.24. The van der Waals surface area contributed by atoms with Crippen LogP contribution in [0.4, 0.5) is 5.69 Å². The highest BCUT2D eigenvalue weighted by Crippen LogP contribution is 2.27. The third-order valence-electron chi connectivity index (χ3n) is 2.13. The summed E-state index contributed by atoms with van der Waals surface area (Å²) in [6.45, 7) is 0.557. The molecule has 0 atom stereocenters. The van der Waals surface area contributed by atoms with Crippen LogP contribution >= 0.6 is 15.9 Å². The number of nitro benzene ring substituents is 1. The highest BCUT2D eigenvalue weighted by atomic mass is 79.9. The van der Waals surface area contributed by atoms with Crippen molar-refractivity contribution in [1.29, 1.82) is 0 Å². The van der Waals surface area contributed by atoms with E-state index in [2.05, 4.69) is 26.6 Å². The van der Waals surface area contributed by atoms with E-state index >= 15 is 0 Å². The fourth-order valence-corrected chi connectivity index (χ4v) is 1.79. The summed E-state index contributed by atoms with van der Waals surface area (Å²) in [6, 6.07) is 4.79. The Morgan fingerprint density at radius 3 is 2.82 bits per heavy atom. The first-order valence-corrected chi connectivity index (χ1v) is 5.68. The van der Waals surface area contributed by atoms with Gasteiger partial charge in [-0.05, 0) is 21.5 Å². The van der Waals surface area contributed by atoms with E-state index in [1.54, 1.807) is 19.2 Å². The average Bonchev–Trinajstić information content (AvgIpc) is 2.30. The van der Waals surface area contributed by atoms with E-state index < -0.39 is 4.92 Å². The van der Waals surface area contributed by atoms with E-state index in [-0.39, 0.29) is 18.1 Å². The van der Waals surface area contributed by atoms with Crippen LogP contribution in [0.1, 0.15) is 5.56 Å². The number of nitrogens with one attached hydrogen (secondary N) is 2. The Labute approximate surface area is 107 Å². The Balaban J connectivity index is 2.69. The van der Waals surface area contributed by atoms with Gasteiger partial charge in [-0.2, -0.15) is 0 Å². The number of hydrogen-bond donors (Lipinski definition) is 2. The van der Waals surface area contributed by atoms with Gasteiger partial charge in [-0.25, -0.2) is 0 Å². The molecule has 0 aliphatic carbocycles. The Morgan fingerprint density at radius 2 is 2.24 bits per heavy atom. The van der Waals surface area contributed by atoms with Gasteiger partial charge in [-0.1, -0.05) is 12.1 Å². The molecule has 92 valence electrons. The normalized spacial score (nSPS) is 10.0. The fraction of sp³-hybridized carbons (Fsp3) is 0.300. The highest BCUT2D eigenvalue weighted by molar-refractivity contribution is 9.10. The van der Waals surface area contributed by atoms with E-state index in [0.717, 1.165) is 5.56 Å². The molecule has 1 rings (SSSR count). The molecule has 0 heterocycles. The van der Waals surface area contributed by atoms with Crippen molar-refractivity contribution in [3.8, 4) is 0 Å². The Hall–Kier alpha value is -1.47. The molecular weight excluding hydrogens is 290 g/mol. The maximum Gasteiger partial charge on any atom is 0.283 e. The van der Waals surface area contributed by atoms with E-state index in [4.69, 9.17) is 0 Å². The van der Waals surface area contributed by atoms with Gasteiger partial charge in [-0.3, -0.25) is 14.9 Å². The summed E-state index contributed by atoms with van der Waals surface area (Å²) in [5.74, 6) is -0.133. The molecule has 0 aliphatic rings. The summed E-state index contributed by atoms with van der Waals surface area (Å²) in [5, 5.41) is 16.1. The van der Waals surface area contributed by atoms with Gasteiger partial charge < -0.3 is 10.6 Å². The van der Waals surface area contributed by atoms with Gasteiger partial charge in [0.2, 0.25) is 5.91 Å². The first kappa shape index (κ1) is 13.6. The summed E-state index contributed by atoms with van der Waals surface area (Å²) in [5.41, 5.74) is 0.757. The summed E-state index contributed by atoms with van der Waals surface area (Å²) in [6.07, 6.45) is 0. The topological polar surface area (TPSA) is 84.3 Å². The van der Waals surface area contributed by atoms with Crippen molar-refractivity contribution >= 4 is 27.5 Å². The number of nitro groups is 1. The average molecular weight is 302 g/mol. The molecule has 17 heavy (non-hydrogen) atoms. The molecule has 0 fully saturated rings. The molecule has 0 saturated carbocycles. The summed E-state index contributed by atoms with van der Waals surface area (Å²) in [7, 11) is 1.55. The number of halogens is 1. The Bertz CT molecular complexity index is 437. The second kappa shape index (κ2) is 6.31. The minimum atomic E-state index is -0.452. The zero-order chi connectivity index (χ0) is 12.8. The molecule has 0 aromatic heterocycles. The number of carbonyl (C=O) groups is 1. The van der Waals surface area contributed by atoms with Crippen LogP contribution in [0.3, 0.4) is 0 Å². The highest BCUT2D eigenvalue weighted by Gasteiger charge is 2.14. The van der Waals surface area contributed by atoms with E-state index in [0.29, 0.717) is 11.0 Å². The van der Waals surface area contributed by atoms with Gasteiger partial charge in [-0.15, -0.1) is 0 Å². The predicted molar refractivity (Wildman–Crippen MR) is 66.6 cm³/mol. The Morgan fingerprint density at radius 1 is 1.53 bits per heavy atom.